The van der Waals surface area contributed by atoms with E-state index in [9.17, 15) is 4.79 Å². The quantitative estimate of drug-likeness (QED) is 0.800. The van der Waals surface area contributed by atoms with Gasteiger partial charge in [-0.25, -0.2) is 4.79 Å². The summed E-state index contributed by atoms with van der Waals surface area (Å²) in [6, 6.07) is 5.88. The number of ether oxygens (including phenoxy) is 1. The lowest BCUT2D eigenvalue weighted by Crippen LogP contribution is -2.54. The largest absolute Gasteiger partial charge is 0.378 e. The van der Waals surface area contributed by atoms with Crippen molar-refractivity contribution in [2.45, 2.75) is 0 Å². The van der Waals surface area contributed by atoms with E-state index in [2.05, 4.69) is 20.1 Å². The molecule has 0 unspecified atom stereocenters. The third kappa shape index (κ3) is 3.57. The van der Waals surface area contributed by atoms with Crippen molar-refractivity contribution in [2.24, 2.45) is 0 Å². The Hall–Kier alpha value is -2.26. The highest BCUT2D eigenvalue weighted by molar-refractivity contribution is 7.18. The van der Waals surface area contributed by atoms with Crippen LogP contribution in [0.4, 0.5) is 9.93 Å². The molecule has 0 bridgehead atoms. The summed E-state index contributed by atoms with van der Waals surface area (Å²) in [5.41, 5.74) is 0.840. The number of hydrogen-bond acceptors (Lipinski definition) is 7. The van der Waals surface area contributed by atoms with Gasteiger partial charge in [0.15, 0.2) is 5.01 Å². The average Bonchev–Trinajstić information content (AvgIpc) is 3.19. The molecule has 25 heavy (non-hydrogen) atoms. The van der Waals surface area contributed by atoms with Crippen LogP contribution in [0, 0.1) is 0 Å². The van der Waals surface area contributed by atoms with E-state index in [1.807, 2.05) is 28.0 Å². The number of carbonyl (C=O) groups is 1. The second kappa shape index (κ2) is 7.32. The van der Waals surface area contributed by atoms with E-state index in [1.54, 1.807) is 17.5 Å². The Balaban J connectivity index is 1.36. The highest BCUT2D eigenvalue weighted by Gasteiger charge is 2.27. The molecule has 4 heterocycles. The molecule has 2 saturated heterocycles. The van der Waals surface area contributed by atoms with E-state index in [1.165, 1.54) is 0 Å². The van der Waals surface area contributed by atoms with Gasteiger partial charge in [-0.3, -0.25) is 4.98 Å². The highest BCUT2D eigenvalue weighted by atomic mass is 32.1. The zero-order valence-electron chi connectivity index (χ0n) is 13.9. The summed E-state index contributed by atoms with van der Waals surface area (Å²) in [5.74, 6) is 0. The number of urea groups is 1. The van der Waals surface area contributed by atoms with Crippen LogP contribution < -0.4 is 4.90 Å². The first-order chi connectivity index (χ1) is 12.3. The minimum atomic E-state index is 0.120. The fourth-order valence-corrected chi connectivity index (χ4v) is 3.85. The molecule has 0 aromatic carbocycles. The van der Waals surface area contributed by atoms with Gasteiger partial charge in [-0.2, -0.15) is 0 Å². The van der Waals surface area contributed by atoms with Crippen LogP contribution in [0.1, 0.15) is 0 Å². The first-order valence-electron chi connectivity index (χ1n) is 8.43. The van der Waals surface area contributed by atoms with E-state index in [4.69, 9.17) is 4.74 Å². The molecule has 2 aromatic heterocycles. The lowest BCUT2D eigenvalue weighted by atomic mass is 10.3. The number of hydrogen-bond donors (Lipinski definition) is 0. The first kappa shape index (κ1) is 16.2. The van der Waals surface area contributed by atoms with Gasteiger partial charge in [0.05, 0.1) is 13.2 Å². The van der Waals surface area contributed by atoms with Crippen LogP contribution in [-0.2, 0) is 4.74 Å². The number of amides is 2. The molecule has 2 fully saturated rings. The zero-order chi connectivity index (χ0) is 17.1. The average molecular weight is 360 g/mol. The molecule has 0 N–H and O–H groups in total. The van der Waals surface area contributed by atoms with Gasteiger partial charge in [-0.1, -0.05) is 17.4 Å². The normalized spacial score (nSPS) is 18.5. The van der Waals surface area contributed by atoms with E-state index in [0.717, 1.165) is 28.9 Å². The molecule has 0 atom stereocenters. The molecular weight excluding hydrogens is 340 g/mol. The predicted octanol–water partition coefficient (Wildman–Crippen LogP) is 1.17. The molecule has 9 heteroatoms. The van der Waals surface area contributed by atoms with E-state index >= 15 is 0 Å². The molecule has 2 amide bonds. The number of nitrogens with zero attached hydrogens (tertiary/aromatic N) is 6. The summed E-state index contributed by atoms with van der Waals surface area (Å²) in [5, 5.41) is 10.3. The molecule has 0 radical (unpaired) electrons. The Kier molecular flexibility index (Phi) is 4.75. The zero-order valence-corrected chi connectivity index (χ0v) is 14.7. The highest BCUT2D eigenvalue weighted by Crippen LogP contribution is 2.27. The second-order valence-electron chi connectivity index (χ2n) is 5.96. The summed E-state index contributed by atoms with van der Waals surface area (Å²) < 4.78 is 5.31. The predicted molar refractivity (Wildman–Crippen MR) is 94.7 cm³/mol. The van der Waals surface area contributed by atoms with Crippen molar-refractivity contribution in [2.75, 3.05) is 57.4 Å². The Morgan fingerprint density at radius 3 is 2.48 bits per heavy atom. The maximum Gasteiger partial charge on any atom is 0.320 e. The van der Waals surface area contributed by atoms with Crippen molar-refractivity contribution in [3.63, 3.8) is 0 Å². The minimum Gasteiger partial charge on any atom is -0.378 e. The number of rotatable bonds is 2. The summed E-state index contributed by atoms with van der Waals surface area (Å²) in [4.78, 5) is 22.8. The maximum atomic E-state index is 12.5. The summed E-state index contributed by atoms with van der Waals surface area (Å²) in [7, 11) is 0. The van der Waals surface area contributed by atoms with Crippen LogP contribution in [0.15, 0.2) is 24.4 Å². The number of carbonyl (C=O) groups excluding carboxylic acids is 1. The molecule has 2 aliphatic heterocycles. The molecule has 0 spiro atoms. The molecular formula is C16H20N6O2S. The second-order valence-corrected chi connectivity index (χ2v) is 6.92. The number of aromatic nitrogens is 3. The maximum absolute atomic E-state index is 12.5. The van der Waals surface area contributed by atoms with Crippen molar-refractivity contribution in [1.82, 2.24) is 25.0 Å². The van der Waals surface area contributed by atoms with E-state index < -0.39 is 0 Å². The van der Waals surface area contributed by atoms with Gasteiger partial charge in [0.25, 0.3) is 0 Å². The van der Waals surface area contributed by atoms with Gasteiger partial charge >= 0.3 is 6.03 Å². The number of pyridine rings is 1. The van der Waals surface area contributed by atoms with Crippen LogP contribution in [0.2, 0.25) is 0 Å². The molecule has 4 rings (SSSR count). The summed E-state index contributed by atoms with van der Waals surface area (Å²) in [6.45, 7) is 5.58. The lowest BCUT2D eigenvalue weighted by Gasteiger charge is -2.38. The van der Waals surface area contributed by atoms with Crippen molar-refractivity contribution in [1.29, 1.82) is 0 Å². The Labute approximate surface area is 150 Å². The third-order valence-corrected chi connectivity index (χ3v) is 5.41. The monoisotopic (exact) mass is 360 g/mol. The van der Waals surface area contributed by atoms with Crippen molar-refractivity contribution < 1.29 is 9.53 Å². The Bertz CT molecular complexity index is 710. The van der Waals surface area contributed by atoms with Crippen LogP contribution in [-0.4, -0.2) is 83.5 Å². The smallest absolute Gasteiger partial charge is 0.320 e. The van der Waals surface area contributed by atoms with Gasteiger partial charge < -0.3 is 19.4 Å². The fraction of sp³-hybridized carbons (Fsp3) is 0.500. The van der Waals surface area contributed by atoms with Gasteiger partial charge in [-0.15, -0.1) is 10.2 Å². The van der Waals surface area contributed by atoms with E-state index in [-0.39, 0.29) is 6.03 Å². The SMILES string of the molecule is O=C(N1CCOCC1)N1CCN(c2nnc(-c3ccccn3)s2)CC1. The standard InChI is InChI=1S/C16H20N6O2S/c23-16(22-9-11-24-12-10-22)21-7-5-20(6-8-21)15-19-18-14(25-15)13-3-1-2-4-17-13/h1-4H,5-12H2. The fourth-order valence-electron chi connectivity index (χ4n) is 2.98. The Morgan fingerprint density at radius 2 is 1.76 bits per heavy atom. The van der Waals surface area contributed by atoms with Gasteiger partial charge in [-0.05, 0) is 12.1 Å². The van der Waals surface area contributed by atoms with Crippen molar-refractivity contribution in [3.05, 3.63) is 24.4 Å². The summed E-state index contributed by atoms with van der Waals surface area (Å²) >= 11 is 1.54. The van der Waals surface area contributed by atoms with Crippen molar-refractivity contribution >= 4 is 22.5 Å². The van der Waals surface area contributed by atoms with E-state index in [0.29, 0.717) is 39.4 Å². The molecule has 2 aliphatic rings. The molecule has 2 aromatic rings. The number of piperazine rings is 1. The van der Waals surface area contributed by atoms with Gasteiger partial charge in [0.1, 0.15) is 5.69 Å². The molecule has 132 valence electrons. The minimum absolute atomic E-state index is 0.120. The van der Waals surface area contributed by atoms with Gasteiger partial charge in [0.2, 0.25) is 5.13 Å². The van der Waals surface area contributed by atoms with Gasteiger partial charge in [0, 0.05) is 45.5 Å². The lowest BCUT2D eigenvalue weighted by molar-refractivity contribution is 0.0428. The number of anilines is 1. The summed E-state index contributed by atoms with van der Waals surface area (Å²) in [6.07, 6.45) is 1.76. The molecule has 0 aliphatic carbocycles. The number of morpholine rings is 1. The van der Waals surface area contributed by atoms with Crippen LogP contribution in [0.25, 0.3) is 10.7 Å². The molecule has 8 nitrogen and oxygen atoms in total. The van der Waals surface area contributed by atoms with Crippen LogP contribution >= 0.6 is 11.3 Å². The van der Waals surface area contributed by atoms with Crippen LogP contribution in [0.5, 0.6) is 0 Å². The van der Waals surface area contributed by atoms with Crippen molar-refractivity contribution in [3.8, 4) is 10.7 Å². The third-order valence-electron chi connectivity index (χ3n) is 4.40. The first-order valence-corrected chi connectivity index (χ1v) is 9.24. The van der Waals surface area contributed by atoms with Crippen LogP contribution in [0.3, 0.4) is 0 Å². The Morgan fingerprint density at radius 1 is 1.00 bits per heavy atom. The topological polar surface area (TPSA) is 74.7 Å². The molecule has 0 saturated carbocycles.